The highest BCUT2D eigenvalue weighted by Gasteiger charge is 2.27. The molecule has 0 aliphatic carbocycles. The third kappa shape index (κ3) is 5.35. The highest BCUT2D eigenvalue weighted by Crippen LogP contribution is 2.28. The first kappa shape index (κ1) is 19.6. The molecule has 1 aromatic heterocycles. The number of carbonyl (C=O) groups excluding carboxylic acids is 3. The van der Waals surface area contributed by atoms with Crippen LogP contribution < -0.4 is 0 Å². The Morgan fingerprint density at radius 1 is 1.36 bits per heavy atom. The Hall–Kier alpha value is -1.77. The van der Waals surface area contributed by atoms with Crippen molar-refractivity contribution < 1.29 is 23.9 Å². The van der Waals surface area contributed by atoms with Crippen LogP contribution in [0.25, 0.3) is 0 Å². The van der Waals surface area contributed by atoms with Crippen LogP contribution in [0.5, 0.6) is 0 Å². The number of halogens is 2. The summed E-state index contributed by atoms with van der Waals surface area (Å²) in [5.41, 5.74) is -0.0985. The number of pyridine rings is 1. The fraction of sp³-hybridized carbons (Fsp3) is 0.333. The van der Waals surface area contributed by atoms with Crippen molar-refractivity contribution in [2.24, 2.45) is 0 Å². The molecule has 1 amide bonds. The van der Waals surface area contributed by atoms with E-state index in [2.05, 4.69) is 4.98 Å². The second kappa shape index (κ2) is 9.07. The van der Waals surface area contributed by atoms with Crippen molar-refractivity contribution >= 4 is 52.8 Å². The average Bonchev–Trinajstić information content (AvgIpc) is 2.90. The molecular formula is C15H14Cl2N2O5S. The minimum atomic E-state index is -0.747. The topological polar surface area (TPSA) is 85.8 Å². The molecule has 1 aliphatic rings. The maximum atomic E-state index is 12.0. The molecule has 0 atom stereocenters. The fourth-order valence-corrected chi connectivity index (χ4v) is 3.20. The molecule has 0 spiro atoms. The van der Waals surface area contributed by atoms with E-state index in [1.807, 2.05) is 0 Å². The molecule has 2 rings (SSSR count). The van der Waals surface area contributed by atoms with Gasteiger partial charge in [0, 0.05) is 0 Å². The van der Waals surface area contributed by atoms with Crippen molar-refractivity contribution in [3.63, 3.8) is 0 Å². The van der Waals surface area contributed by atoms with Crippen LogP contribution in [-0.2, 0) is 19.1 Å². The number of thioether (sulfide) groups is 1. The summed E-state index contributed by atoms with van der Waals surface area (Å²) in [4.78, 5) is 40.6. The van der Waals surface area contributed by atoms with Crippen molar-refractivity contribution in [2.45, 2.75) is 6.92 Å². The van der Waals surface area contributed by atoms with E-state index in [-0.39, 0.29) is 47.3 Å². The lowest BCUT2D eigenvalue weighted by atomic mass is 10.3. The highest BCUT2D eigenvalue weighted by atomic mass is 35.5. The molecule has 0 unspecified atom stereocenters. The Kier molecular flexibility index (Phi) is 7.10. The number of carbonyl (C=O) groups is 3. The predicted octanol–water partition coefficient (Wildman–Crippen LogP) is 2.53. The van der Waals surface area contributed by atoms with Crippen LogP contribution >= 0.6 is 35.0 Å². The van der Waals surface area contributed by atoms with Gasteiger partial charge in [0.15, 0.2) is 5.69 Å². The van der Waals surface area contributed by atoms with Crippen molar-refractivity contribution in [1.82, 2.24) is 9.88 Å². The number of amides is 1. The summed E-state index contributed by atoms with van der Waals surface area (Å²) in [7, 11) is 0. The molecular weight excluding hydrogens is 391 g/mol. The highest BCUT2D eigenvalue weighted by molar-refractivity contribution is 8.04. The zero-order valence-electron chi connectivity index (χ0n) is 13.2. The van der Waals surface area contributed by atoms with Crippen LogP contribution in [0.15, 0.2) is 23.2 Å². The van der Waals surface area contributed by atoms with Crippen LogP contribution in [-0.4, -0.2) is 53.2 Å². The smallest absolute Gasteiger partial charge is 0.358 e. The first-order valence-electron chi connectivity index (χ1n) is 7.23. The van der Waals surface area contributed by atoms with Crippen LogP contribution in [0.1, 0.15) is 17.4 Å². The van der Waals surface area contributed by atoms with Crippen molar-refractivity contribution in [1.29, 1.82) is 0 Å². The zero-order chi connectivity index (χ0) is 18.4. The second-order valence-electron chi connectivity index (χ2n) is 4.67. The summed E-state index contributed by atoms with van der Waals surface area (Å²) >= 11 is 12.8. The largest absolute Gasteiger partial charge is 0.463 e. The number of hydrogen-bond donors (Lipinski definition) is 0. The maximum Gasteiger partial charge on any atom is 0.358 e. The third-order valence-corrected chi connectivity index (χ3v) is 4.53. The molecule has 1 fully saturated rings. The molecule has 0 N–H and O–H groups in total. The van der Waals surface area contributed by atoms with E-state index in [4.69, 9.17) is 32.7 Å². The lowest BCUT2D eigenvalue weighted by molar-refractivity contribution is -0.137. The van der Waals surface area contributed by atoms with Gasteiger partial charge in [-0.05, 0) is 19.1 Å². The first-order valence-corrected chi connectivity index (χ1v) is 8.97. The van der Waals surface area contributed by atoms with Gasteiger partial charge < -0.3 is 14.4 Å². The first-order chi connectivity index (χ1) is 11.9. The Balaban J connectivity index is 1.95. The quantitative estimate of drug-likeness (QED) is 0.408. The SMILES string of the molecule is CCOC(=O)/C=C1\SCC(=O)N1CCOC(=O)c1nc(Cl)ccc1Cl. The molecule has 134 valence electrons. The summed E-state index contributed by atoms with van der Waals surface area (Å²) in [6.07, 6.45) is 1.25. The predicted molar refractivity (Wildman–Crippen MR) is 93.4 cm³/mol. The van der Waals surface area contributed by atoms with E-state index in [9.17, 15) is 14.4 Å². The Morgan fingerprint density at radius 3 is 2.84 bits per heavy atom. The van der Waals surface area contributed by atoms with Gasteiger partial charge in [0.1, 0.15) is 11.8 Å². The molecule has 1 aromatic rings. The van der Waals surface area contributed by atoms with E-state index < -0.39 is 11.9 Å². The van der Waals surface area contributed by atoms with Gasteiger partial charge in [0.25, 0.3) is 0 Å². The van der Waals surface area contributed by atoms with Gasteiger partial charge in [0.2, 0.25) is 5.91 Å². The number of nitrogens with zero attached hydrogens (tertiary/aromatic N) is 2. The average molecular weight is 405 g/mol. The van der Waals surface area contributed by atoms with E-state index in [0.29, 0.717) is 5.03 Å². The van der Waals surface area contributed by atoms with Crippen molar-refractivity contribution in [3.8, 4) is 0 Å². The molecule has 0 saturated carbocycles. The standard InChI is InChI=1S/C15H14Cl2N2O5S/c1-2-23-13(21)7-12-19(11(20)8-25-12)5-6-24-15(22)14-9(16)3-4-10(17)18-14/h3-4,7H,2,5-6,8H2,1H3/b12-7-. The van der Waals surface area contributed by atoms with Gasteiger partial charge >= 0.3 is 11.9 Å². The van der Waals surface area contributed by atoms with Crippen molar-refractivity contribution in [3.05, 3.63) is 39.1 Å². The molecule has 1 aliphatic heterocycles. The van der Waals surface area contributed by atoms with Crippen LogP contribution in [0, 0.1) is 0 Å². The van der Waals surface area contributed by atoms with Gasteiger partial charge in [0.05, 0.1) is 35.0 Å². The minimum absolute atomic E-state index is 0.0875. The molecule has 0 radical (unpaired) electrons. The Bertz CT molecular complexity index is 726. The van der Waals surface area contributed by atoms with E-state index in [1.165, 1.54) is 34.9 Å². The summed E-state index contributed by atoms with van der Waals surface area (Å²) in [6, 6.07) is 2.89. The minimum Gasteiger partial charge on any atom is -0.463 e. The summed E-state index contributed by atoms with van der Waals surface area (Å²) in [5.74, 6) is -1.25. The fourth-order valence-electron chi connectivity index (χ4n) is 1.91. The van der Waals surface area contributed by atoms with Gasteiger partial charge in [-0.25, -0.2) is 14.6 Å². The number of ether oxygens (including phenoxy) is 2. The van der Waals surface area contributed by atoms with Gasteiger partial charge in [-0.3, -0.25) is 4.79 Å². The Morgan fingerprint density at radius 2 is 2.12 bits per heavy atom. The molecule has 7 nitrogen and oxygen atoms in total. The zero-order valence-corrected chi connectivity index (χ0v) is 15.5. The number of esters is 2. The molecule has 0 bridgehead atoms. The van der Waals surface area contributed by atoms with E-state index in [1.54, 1.807) is 6.92 Å². The van der Waals surface area contributed by atoms with Gasteiger partial charge in [-0.15, -0.1) is 0 Å². The molecule has 2 heterocycles. The summed E-state index contributed by atoms with van der Waals surface area (Å²) in [5, 5.41) is 0.686. The van der Waals surface area contributed by atoms with Crippen LogP contribution in [0.4, 0.5) is 0 Å². The van der Waals surface area contributed by atoms with Crippen LogP contribution in [0.2, 0.25) is 10.2 Å². The second-order valence-corrected chi connectivity index (χ2v) is 6.46. The van der Waals surface area contributed by atoms with E-state index >= 15 is 0 Å². The third-order valence-electron chi connectivity index (χ3n) is 2.99. The molecule has 1 saturated heterocycles. The summed E-state index contributed by atoms with van der Waals surface area (Å²) < 4.78 is 9.91. The normalized spacial score (nSPS) is 15.6. The lowest BCUT2D eigenvalue weighted by Gasteiger charge is -2.16. The van der Waals surface area contributed by atoms with Gasteiger partial charge in [-0.2, -0.15) is 0 Å². The lowest BCUT2D eigenvalue weighted by Crippen LogP contribution is -2.29. The van der Waals surface area contributed by atoms with Crippen molar-refractivity contribution in [2.75, 3.05) is 25.5 Å². The Labute approximate surface area is 158 Å². The molecule has 10 heteroatoms. The van der Waals surface area contributed by atoms with Gasteiger partial charge in [-0.1, -0.05) is 35.0 Å². The number of aromatic nitrogens is 1. The molecule has 25 heavy (non-hydrogen) atoms. The maximum absolute atomic E-state index is 12.0. The number of hydrogen-bond acceptors (Lipinski definition) is 7. The number of rotatable bonds is 6. The monoisotopic (exact) mass is 404 g/mol. The molecule has 0 aromatic carbocycles. The van der Waals surface area contributed by atoms with E-state index in [0.717, 1.165) is 0 Å². The summed E-state index contributed by atoms with van der Waals surface area (Å²) in [6.45, 7) is 1.94. The van der Waals surface area contributed by atoms with Crippen LogP contribution in [0.3, 0.4) is 0 Å².